The van der Waals surface area contributed by atoms with Gasteiger partial charge in [-0.3, -0.25) is 10.2 Å². The van der Waals surface area contributed by atoms with E-state index in [-0.39, 0.29) is 10.6 Å². The Kier molecular flexibility index (Phi) is 5.86. The first-order valence-corrected chi connectivity index (χ1v) is 8.90. The van der Waals surface area contributed by atoms with Crippen molar-refractivity contribution in [3.05, 3.63) is 59.9 Å². The maximum Gasteiger partial charge on any atom is 0.263 e. The van der Waals surface area contributed by atoms with Gasteiger partial charge >= 0.3 is 0 Å². The Morgan fingerprint density at radius 1 is 0.958 bits per heavy atom. The van der Waals surface area contributed by atoms with Crippen molar-refractivity contribution in [1.82, 2.24) is 10.3 Å². The van der Waals surface area contributed by atoms with Crippen LogP contribution in [0.2, 0.25) is 0 Å². The minimum atomic E-state index is -4.62. The second-order valence-corrected chi connectivity index (χ2v) is 7.06. The molecule has 1 amide bonds. The van der Waals surface area contributed by atoms with Crippen LogP contribution >= 0.6 is 11.8 Å². The zero-order valence-corrected chi connectivity index (χ0v) is 13.6. The molecule has 0 aliphatic carbocycles. The number of hydrogen-bond acceptors (Lipinski definition) is 4. The van der Waals surface area contributed by atoms with Gasteiger partial charge in [0.2, 0.25) is 5.91 Å². The standard InChI is InChI=1S/C14H11F3N2O3S2/c15-9-4-1-2-7-12(9)23-8-13(20)18-19-24(21,22)14-10(16)5-3-6-11(14)17/h1-7,19H,8H2,(H,18,20). The number of carbonyl (C=O) groups excluding carboxylic acids is 1. The van der Waals surface area contributed by atoms with Crippen molar-refractivity contribution in [3.63, 3.8) is 0 Å². The topological polar surface area (TPSA) is 75.3 Å². The normalized spacial score (nSPS) is 11.3. The third kappa shape index (κ3) is 4.49. The van der Waals surface area contributed by atoms with E-state index in [0.29, 0.717) is 0 Å². The van der Waals surface area contributed by atoms with Crippen LogP contribution in [0.3, 0.4) is 0 Å². The van der Waals surface area contributed by atoms with Crippen LogP contribution in [0.4, 0.5) is 13.2 Å². The number of hydrogen-bond donors (Lipinski definition) is 2. The minimum absolute atomic E-state index is 0.204. The molecular formula is C14H11F3N2O3S2. The van der Waals surface area contributed by atoms with Crippen LogP contribution in [0.5, 0.6) is 0 Å². The van der Waals surface area contributed by atoms with E-state index < -0.39 is 38.3 Å². The van der Waals surface area contributed by atoms with Crippen LogP contribution < -0.4 is 10.3 Å². The van der Waals surface area contributed by atoms with Crippen molar-refractivity contribution >= 4 is 27.7 Å². The average Bonchev–Trinajstić information content (AvgIpc) is 2.52. The largest absolute Gasteiger partial charge is 0.277 e. The van der Waals surface area contributed by atoms with E-state index in [0.717, 1.165) is 30.0 Å². The lowest BCUT2D eigenvalue weighted by molar-refractivity contribution is -0.119. The van der Waals surface area contributed by atoms with Crippen molar-refractivity contribution in [2.75, 3.05) is 5.75 Å². The van der Waals surface area contributed by atoms with Gasteiger partial charge in [0.25, 0.3) is 10.0 Å². The Balaban J connectivity index is 1.97. The second-order valence-electron chi connectivity index (χ2n) is 4.42. The summed E-state index contributed by atoms with van der Waals surface area (Å²) in [5.74, 6) is -4.23. The van der Waals surface area contributed by atoms with Crippen molar-refractivity contribution < 1.29 is 26.4 Å². The Bertz CT molecular complexity index is 840. The molecule has 24 heavy (non-hydrogen) atoms. The van der Waals surface area contributed by atoms with Crippen LogP contribution in [0, 0.1) is 17.5 Å². The van der Waals surface area contributed by atoms with Gasteiger partial charge in [0.1, 0.15) is 17.5 Å². The summed E-state index contributed by atoms with van der Waals surface area (Å²) >= 11 is 0.838. The summed E-state index contributed by atoms with van der Waals surface area (Å²) < 4.78 is 64.0. The number of amides is 1. The minimum Gasteiger partial charge on any atom is -0.277 e. The summed E-state index contributed by atoms with van der Waals surface area (Å²) in [6, 6.07) is 8.27. The lowest BCUT2D eigenvalue weighted by Gasteiger charge is -2.10. The van der Waals surface area contributed by atoms with Gasteiger partial charge in [-0.15, -0.1) is 16.6 Å². The van der Waals surface area contributed by atoms with Gasteiger partial charge in [-0.05, 0) is 24.3 Å². The number of sulfonamides is 1. The van der Waals surface area contributed by atoms with Crippen molar-refractivity contribution in [2.24, 2.45) is 0 Å². The molecule has 2 rings (SSSR count). The molecule has 128 valence electrons. The molecule has 0 fully saturated rings. The molecule has 2 N–H and O–H groups in total. The molecule has 0 atom stereocenters. The zero-order valence-electron chi connectivity index (χ0n) is 11.9. The van der Waals surface area contributed by atoms with E-state index in [4.69, 9.17) is 0 Å². The lowest BCUT2D eigenvalue weighted by atomic mass is 10.3. The fourth-order valence-corrected chi connectivity index (χ4v) is 3.39. The molecule has 0 aliphatic heterocycles. The highest BCUT2D eigenvalue weighted by Gasteiger charge is 2.24. The third-order valence-electron chi connectivity index (χ3n) is 2.71. The maximum atomic E-state index is 13.5. The highest BCUT2D eigenvalue weighted by molar-refractivity contribution is 8.00. The Morgan fingerprint density at radius 2 is 1.54 bits per heavy atom. The van der Waals surface area contributed by atoms with Crippen molar-refractivity contribution in [2.45, 2.75) is 9.79 Å². The van der Waals surface area contributed by atoms with Gasteiger partial charge in [0, 0.05) is 4.90 Å². The number of carbonyl (C=O) groups is 1. The van der Waals surface area contributed by atoms with Crippen molar-refractivity contribution in [1.29, 1.82) is 0 Å². The molecule has 0 aliphatic rings. The van der Waals surface area contributed by atoms with Gasteiger partial charge in [-0.1, -0.05) is 18.2 Å². The molecule has 2 aromatic rings. The molecule has 0 saturated heterocycles. The van der Waals surface area contributed by atoms with Crippen LogP contribution in [-0.4, -0.2) is 20.1 Å². The highest BCUT2D eigenvalue weighted by Crippen LogP contribution is 2.21. The first-order valence-electron chi connectivity index (χ1n) is 6.43. The molecule has 0 saturated carbocycles. The molecule has 0 radical (unpaired) electrons. The summed E-state index contributed by atoms with van der Waals surface area (Å²) in [5.41, 5.74) is 1.81. The van der Waals surface area contributed by atoms with Crippen LogP contribution in [0.15, 0.2) is 52.3 Å². The van der Waals surface area contributed by atoms with Gasteiger partial charge in [-0.2, -0.15) is 0 Å². The number of thioether (sulfide) groups is 1. The average molecular weight is 376 g/mol. The Labute approximate surface area is 140 Å². The molecule has 5 nitrogen and oxygen atoms in total. The summed E-state index contributed by atoms with van der Waals surface area (Å²) in [4.78, 5) is 12.2. The van der Waals surface area contributed by atoms with E-state index in [1.54, 1.807) is 10.9 Å². The van der Waals surface area contributed by atoms with E-state index in [2.05, 4.69) is 0 Å². The van der Waals surface area contributed by atoms with E-state index in [1.807, 2.05) is 5.43 Å². The zero-order chi connectivity index (χ0) is 17.7. The molecular weight excluding hydrogens is 365 g/mol. The number of rotatable bonds is 6. The molecule has 0 aromatic heterocycles. The Morgan fingerprint density at radius 3 is 2.17 bits per heavy atom. The molecule has 0 bridgehead atoms. The quantitative estimate of drug-likeness (QED) is 0.599. The Hall–Kier alpha value is -2.04. The highest BCUT2D eigenvalue weighted by atomic mass is 32.2. The second kappa shape index (κ2) is 7.69. The van der Waals surface area contributed by atoms with E-state index >= 15 is 0 Å². The fraction of sp³-hybridized carbons (Fsp3) is 0.0714. The predicted molar refractivity (Wildman–Crippen MR) is 81.9 cm³/mol. The predicted octanol–water partition coefficient (Wildman–Crippen LogP) is 2.21. The number of halogens is 3. The first kappa shape index (κ1) is 18.3. The first-order chi connectivity index (χ1) is 11.3. The summed E-state index contributed by atoms with van der Waals surface area (Å²) in [7, 11) is -4.62. The monoisotopic (exact) mass is 376 g/mol. The fourth-order valence-electron chi connectivity index (χ4n) is 1.66. The van der Waals surface area contributed by atoms with Crippen LogP contribution in [-0.2, 0) is 14.8 Å². The summed E-state index contributed by atoms with van der Waals surface area (Å²) in [6.07, 6.45) is 0. The summed E-state index contributed by atoms with van der Waals surface area (Å²) in [6.45, 7) is 0. The molecule has 0 heterocycles. The molecule has 0 spiro atoms. The summed E-state index contributed by atoms with van der Waals surface area (Å²) in [5, 5.41) is 0. The SMILES string of the molecule is O=C(CSc1ccccc1F)NNS(=O)(=O)c1c(F)cccc1F. The lowest BCUT2D eigenvalue weighted by Crippen LogP contribution is -2.43. The van der Waals surface area contributed by atoms with E-state index in [9.17, 15) is 26.4 Å². The van der Waals surface area contributed by atoms with Gasteiger partial charge in [0.05, 0.1) is 5.75 Å². The third-order valence-corrected chi connectivity index (χ3v) is 5.05. The molecule has 10 heteroatoms. The number of benzene rings is 2. The molecule has 0 unspecified atom stereocenters. The van der Waals surface area contributed by atoms with Crippen LogP contribution in [0.25, 0.3) is 0 Å². The number of nitrogens with one attached hydrogen (secondary N) is 2. The van der Waals surface area contributed by atoms with Gasteiger partial charge in [0.15, 0.2) is 4.90 Å². The smallest absolute Gasteiger partial charge is 0.263 e. The van der Waals surface area contributed by atoms with E-state index in [1.165, 1.54) is 18.2 Å². The van der Waals surface area contributed by atoms with Crippen molar-refractivity contribution in [3.8, 4) is 0 Å². The number of hydrazine groups is 1. The van der Waals surface area contributed by atoms with Gasteiger partial charge in [-0.25, -0.2) is 21.6 Å². The molecule has 2 aromatic carbocycles. The maximum absolute atomic E-state index is 13.5. The van der Waals surface area contributed by atoms with Gasteiger partial charge < -0.3 is 0 Å². The van der Waals surface area contributed by atoms with Crippen LogP contribution in [0.1, 0.15) is 0 Å².